The fourth-order valence-corrected chi connectivity index (χ4v) is 4.11. The number of rotatable bonds is 2. The molecule has 3 atom stereocenters. The molecule has 0 radical (unpaired) electrons. The van der Waals surface area contributed by atoms with E-state index in [2.05, 4.69) is 13.8 Å². The molecule has 20 heavy (non-hydrogen) atoms. The van der Waals surface area contributed by atoms with E-state index in [0.717, 1.165) is 24.5 Å². The zero-order valence-electron chi connectivity index (χ0n) is 12.2. The maximum atomic E-state index is 12.8. The molecule has 3 unspecified atom stereocenters. The topological polar surface area (TPSA) is 60.9 Å². The second kappa shape index (κ2) is 6.70. The molecule has 0 bridgehead atoms. The van der Waals surface area contributed by atoms with Crippen LogP contribution in [-0.4, -0.2) is 63.6 Å². The van der Waals surface area contributed by atoms with E-state index in [4.69, 9.17) is 5.11 Å². The van der Waals surface area contributed by atoms with Crippen LogP contribution in [0.3, 0.4) is 0 Å². The maximum Gasteiger partial charge on any atom is 0.320 e. The van der Waals surface area contributed by atoms with E-state index in [-0.39, 0.29) is 24.5 Å². The summed E-state index contributed by atoms with van der Waals surface area (Å²) in [7, 11) is 0. The molecule has 0 aliphatic carbocycles. The fourth-order valence-electron chi connectivity index (χ4n) is 3.05. The highest BCUT2D eigenvalue weighted by Gasteiger charge is 2.35. The van der Waals surface area contributed by atoms with Gasteiger partial charge in [0.15, 0.2) is 0 Å². The number of carbonyl (C=O) groups is 2. The van der Waals surface area contributed by atoms with Crippen molar-refractivity contribution in [3.63, 3.8) is 0 Å². The largest absolute Gasteiger partial charge is 0.481 e. The van der Waals surface area contributed by atoms with Crippen LogP contribution in [-0.2, 0) is 4.79 Å². The molecule has 1 N–H and O–H groups in total. The van der Waals surface area contributed by atoms with Gasteiger partial charge in [-0.25, -0.2) is 4.79 Å². The number of piperidine rings is 1. The Hall–Kier alpha value is -0.910. The summed E-state index contributed by atoms with van der Waals surface area (Å²) in [5.74, 6) is 1.33. The standard InChI is InChI=1S/C14H24N2O3S/c1-10-4-3-5-15(11(10)2)14(19)16-6-7-20-9-12(16)8-13(17)18/h10-12H,3-9H2,1-2H3,(H,17,18). The molecule has 2 rings (SSSR count). The quantitative estimate of drug-likeness (QED) is 0.848. The summed E-state index contributed by atoms with van der Waals surface area (Å²) in [5, 5.41) is 9.01. The Morgan fingerprint density at radius 2 is 2.00 bits per heavy atom. The highest BCUT2D eigenvalue weighted by atomic mass is 32.2. The molecule has 0 aromatic heterocycles. The lowest BCUT2D eigenvalue weighted by atomic mass is 9.92. The number of hydrogen-bond donors (Lipinski definition) is 1. The minimum Gasteiger partial charge on any atom is -0.481 e. The maximum absolute atomic E-state index is 12.8. The number of nitrogens with zero attached hydrogens (tertiary/aromatic N) is 2. The summed E-state index contributed by atoms with van der Waals surface area (Å²) in [4.78, 5) is 27.5. The molecular weight excluding hydrogens is 276 g/mol. The summed E-state index contributed by atoms with van der Waals surface area (Å²) in [6.07, 6.45) is 2.26. The Morgan fingerprint density at radius 3 is 2.70 bits per heavy atom. The van der Waals surface area contributed by atoms with Gasteiger partial charge in [0.1, 0.15) is 0 Å². The summed E-state index contributed by atoms with van der Waals surface area (Å²) in [5.41, 5.74) is 0. The highest BCUT2D eigenvalue weighted by molar-refractivity contribution is 7.99. The number of hydrogen-bond acceptors (Lipinski definition) is 3. The van der Waals surface area contributed by atoms with Gasteiger partial charge in [0.25, 0.3) is 0 Å². The summed E-state index contributed by atoms with van der Waals surface area (Å²) in [6.45, 7) is 5.75. The SMILES string of the molecule is CC1CCCN(C(=O)N2CCSCC2CC(=O)O)C1C. The van der Waals surface area contributed by atoms with Crippen molar-refractivity contribution in [2.45, 2.75) is 45.2 Å². The van der Waals surface area contributed by atoms with Gasteiger partial charge in [-0.3, -0.25) is 4.79 Å². The summed E-state index contributed by atoms with van der Waals surface area (Å²) >= 11 is 1.74. The molecule has 0 aromatic carbocycles. The number of urea groups is 1. The zero-order valence-corrected chi connectivity index (χ0v) is 13.1. The van der Waals surface area contributed by atoms with Crippen LogP contribution in [0.4, 0.5) is 4.79 Å². The Labute approximate surface area is 124 Å². The third-order valence-electron chi connectivity index (χ3n) is 4.50. The number of carbonyl (C=O) groups excluding carboxylic acids is 1. The predicted molar refractivity (Wildman–Crippen MR) is 80.0 cm³/mol. The molecule has 2 saturated heterocycles. The minimum absolute atomic E-state index is 0.0376. The van der Waals surface area contributed by atoms with Gasteiger partial charge >= 0.3 is 12.0 Å². The first kappa shape index (κ1) is 15.5. The van der Waals surface area contributed by atoms with Gasteiger partial charge in [-0.05, 0) is 25.7 Å². The molecule has 114 valence electrons. The Bertz CT molecular complexity index is 377. The second-order valence-electron chi connectivity index (χ2n) is 5.86. The monoisotopic (exact) mass is 300 g/mol. The van der Waals surface area contributed by atoms with Crippen LogP contribution < -0.4 is 0 Å². The molecule has 6 heteroatoms. The number of likely N-dealkylation sites (tertiary alicyclic amines) is 1. The number of aliphatic carboxylic acids is 1. The number of amides is 2. The van der Waals surface area contributed by atoms with Crippen LogP contribution in [0.5, 0.6) is 0 Å². The van der Waals surface area contributed by atoms with E-state index in [9.17, 15) is 9.59 Å². The normalized spacial score (nSPS) is 31.2. The fraction of sp³-hybridized carbons (Fsp3) is 0.857. The third-order valence-corrected chi connectivity index (χ3v) is 5.59. The van der Waals surface area contributed by atoms with E-state index < -0.39 is 5.97 Å². The summed E-state index contributed by atoms with van der Waals surface area (Å²) in [6, 6.07) is 0.120. The van der Waals surface area contributed by atoms with Crippen molar-refractivity contribution in [2.24, 2.45) is 5.92 Å². The predicted octanol–water partition coefficient (Wildman–Crippen LogP) is 2.12. The zero-order chi connectivity index (χ0) is 14.7. The highest BCUT2D eigenvalue weighted by Crippen LogP contribution is 2.27. The van der Waals surface area contributed by atoms with Crippen LogP contribution in [0.1, 0.15) is 33.1 Å². The van der Waals surface area contributed by atoms with Crippen LogP contribution >= 0.6 is 11.8 Å². The number of thioether (sulfide) groups is 1. The first-order valence-corrected chi connectivity index (χ1v) is 8.53. The molecule has 0 aromatic rings. The van der Waals surface area contributed by atoms with Gasteiger partial charge in [0.05, 0.1) is 12.5 Å². The van der Waals surface area contributed by atoms with Crippen molar-refractivity contribution in [3.05, 3.63) is 0 Å². The van der Waals surface area contributed by atoms with Crippen LogP contribution in [0.25, 0.3) is 0 Å². The van der Waals surface area contributed by atoms with Crippen molar-refractivity contribution in [1.29, 1.82) is 0 Å². The van der Waals surface area contributed by atoms with E-state index in [1.807, 2.05) is 4.90 Å². The molecule has 2 amide bonds. The second-order valence-corrected chi connectivity index (χ2v) is 7.01. The van der Waals surface area contributed by atoms with Gasteiger partial charge < -0.3 is 14.9 Å². The van der Waals surface area contributed by atoms with E-state index in [1.54, 1.807) is 16.7 Å². The average molecular weight is 300 g/mol. The van der Waals surface area contributed by atoms with Crippen LogP contribution in [0.15, 0.2) is 0 Å². The Balaban J connectivity index is 2.06. The Morgan fingerprint density at radius 1 is 1.25 bits per heavy atom. The lowest BCUT2D eigenvalue weighted by molar-refractivity contribution is -0.138. The van der Waals surface area contributed by atoms with Crippen LogP contribution in [0, 0.1) is 5.92 Å². The minimum atomic E-state index is -0.824. The van der Waals surface area contributed by atoms with Crippen LogP contribution in [0.2, 0.25) is 0 Å². The Kier molecular flexibility index (Phi) is 5.18. The lowest BCUT2D eigenvalue weighted by Gasteiger charge is -2.43. The van der Waals surface area contributed by atoms with E-state index in [1.165, 1.54) is 6.42 Å². The van der Waals surface area contributed by atoms with Crippen molar-refractivity contribution < 1.29 is 14.7 Å². The third kappa shape index (κ3) is 3.40. The smallest absolute Gasteiger partial charge is 0.320 e. The van der Waals surface area contributed by atoms with Crippen molar-refractivity contribution in [3.8, 4) is 0 Å². The first-order chi connectivity index (χ1) is 9.50. The summed E-state index contributed by atoms with van der Waals surface area (Å²) < 4.78 is 0. The van der Waals surface area contributed by atoms with Crippen molar-refractivity contribution in [2.75, 3.05) is 24.6 Å². The molecule has 2 aliphatic rings. The first-order valence-electron chi connectivity index (χ1n) is 7.37. The van der Waals surface area contributed by atoms with E-state index >= 15 is 0 Å². The molecule has 2 aliphatic heterocycles. The number of carboxylic acid groups (broad SMARTS) is 1. The molecular formula is C14H24N2O3S. The van der Waals surface area contributed by atoms with Gasteiger partial charge in [-0.15, -0.1) is 0 Å². The van der Waals surface area contributed by atoms with Gasteiger partial charge in [0.2, 0.25) is 0 Å². The van der Waals surface area contributed by atoms with Gasteiger partial charge in [-0.1, -0.05) is 6.92 Å². The van der Waals surface area contributed by atoms with Gasteiger partial charge in [0, 0.05) is 30.6 Å². The molecule has 2 fully saturated rings. The molecule has 2 heterocycles. The van der Waals surface area contributed by atoms with E-state index in [0.29, 0.717) is 12.5 Å². The van der Waals surface area contributed by atoms with Crippen molar-refractivity contribution >= 4 is 23.8 Å². The number of carboxylic acids is 1. The van der Waals surface area contributed by atoms with Crippen molar-refractivity contribution in [1.82, 2.24) is 9.80 Å². The molecule has 0 spiro atoms. The molecule has 5 nitrogen and oxygen atoms in total. The molecule has 0 saturated carbocycles. The lowest BCUT2D eigenvalue weighted by Crippen LogP contribution is -2.56. The average Bonchev–Trinajstić information content (AvgIpc) is 2.41. The van der Waals surface area contributed by atoms with Gasteiger partial charge in [-0.2, -0.15) is 11.8 Å².